The van der Waals surface area contributed by atoms with E-state index in [4.69, 9.17) is 8.83 Å². The van der Waals surface area contributed by atoms with Gasteiger partial charge < -0.3 is 8.83 Å². The predicted octanol–water partition coefficient (Wildman–Crippen LogP) is 13.4. The lowest BCUT2D eigenvalue weighted by atomic mass is 9.78. The Bertz CT molecular complexity index is 3020. The first-order valence-electron chi connectivity index (χ1n) is 17.0. The van der Waals surface area contributed by atoms with Crippen LogP contribution in [-0.4, -0.2) is 0 Å². The van der Waals surface area contributed by atoms with Crippen molar-refractivity contribution in [3.05, 3.63) is 157 Å². The fourth-order valence-corrected chi connectivity index (χ4v) is 8.74. The molecule has 2 aromatic heterocycles. The molecular weight excluding hydrogens is 597 g/mol. The molecule has 0 atom stereocenters. The van der Waals surface area contributed by atoms with Gasteiger partial charge in [-0.3, -0.25) is 0 Å². The summed E-state index contributed by atoms with van der Waals surface area (Å²) in [4.78, 5) is 0. The Kier molecular flexibility index (Phi) is 5.21. The van der Waals surface area contributed by atoms with Gasteiger partial charge in [0.15, 0.2) is 0 Å². The van der Waals surface area contributed by atoms with E-state index in [-0.39, 0.29) is 5.41 Å². The summed E-state index contributed by atoms with van der Waals surface area (Å²) in [6.07, 6.45) is 0. The molecule has 0 unspecified atom stereocenters. The highest BCUT2D eigenvalue weighted by Gasteiger charge is 2.38. The molecule has 0 saturated carbocycles. The smallest absolute Gasteiger partial charge is 0.136 e. The molecule has 2 heterocycles. The van der Waals surface area contributed by atoms with E-state index in [2.05, 4.69) is 147 Å². The van der Waals surface area contributed by atoms with E-state index in [0.717, 1.165) is 38.5 Å². The van der Waals surface area contributed by atoms with Crippen LogP contribution >= 0.6 is 0 Å². The average molecular weight is 627 g/mol. The topological polar surface area (TPSA) is 26.3 Å². The van der Waals surface area contributed by atoms with E-state index in [1.165, 1.54) is 71.4 Å². The molecule has 1 aliphatic carbocycles. The summed E-state index contributed by atoms with van der Waals surface area (Å²) >= 11 is 0. The molecule has 0 aliphatic heterocycles. The van der Waals surface area contributed by atoms with Crippen LogP contribution in [0.25, 0.3) is 98.8 Å². The first-order chi connectivity index (χ1) is 24.0. The first kappa shape index (κ1) is 26.9. The first-order valence-corrected chi connectivity index (χ1v) is 17.0. The van der Waals surface area contributed by atoms with E-state index in [1.807, 2.05) is 12.1 Å². The Labute approximate surface area is 282 Å². The van der Waals surface area contributed by atoms with Crippen molar-refractivity contribution < 1.29 is 8.83 Å². The zero-order chi connectivity index (χ0) is 32.4. The van der Waals surface area contributed by atoms with Crippen molar-refractivity contribution in [2.45, 2.75) is 19.3 Å². The van der Waals surface area contributed by atoms with Crippen molar-refractivity contribution in [2.75, 3.05) is 0 Å². The molecule has 2 heteroatoms. The van der Waals surface area contributed by atoms with Crippen LogP contribution in [0.15, 0.2) is 154 Å². The summed E-state index contributed by atoms with van der Waals surface area (Å²) in [5.41, 5.74) is 13.6. The second kappa shape index (κ2) is 9.49. The van der Waals surface area contributed by atoms with Crippen molar-refractivity contribution in [1.82, 2.24) is 0 Å². The Morgan fingerprint density at radius 3 is 1.92 bits per heavy atom. The average Bonchev–Trinajstić information content (AvgIpc) is 3.77. The molecule has 0 saturated heterocycles. The number of fused-ring (bicyclic) bond motifs is 12. The van der Waals surface area contributed by atoms with Gasteiger partial charge in [0, 0.05) is 27.0 Å². The van der Waals surface area contributed by atoms with Gasteiger partial charge in [0.2, 0.25) is 0 Å². The number of rotatable bonds is 2. The van der Waals surface area contributed by atoms with E-state index < -0.39 is 0 Å². The van der Waals surface area contributed by atoms with Gasteiger partial charge in [-0.1, -0.05) is 117 Å². The highest BCUT2D eigenvalue weighted by atomic mass is 16.3. The van der Waals surface area contributed by atoms with Gasteiger partial charge in [-0.05, 0) is 109 Å². The maximum Gasteiger partial charge on any atom is 0.136 e. The molecule has 0 N–H and O–H groups in total. The molecule has 49 heavy (non-hydrogen) atoms. The van der Waals surface area contributed by atoms with Crippen molar-refractivity contribution in [3.63, 3.8) is 0 Å². The van der Waals surface area contributed by atoms with Crippen LogP contribution < -0.4 is 0 Å². The summed E-state index contributed by atoms with van der Waals surface area (Å²) in [5, 5.41) is 9.62. The highest BCUT2D eigenvalue weighted by molar-refractivity contribution is 6.16. The number of hydrogen-bond acceptors (Lipinski definition) is 2. The lowest BCUT2D eigenvalue weighted by Crippen LogP contribution is -2.16. The van der Waals surface area contributed by atoms with Crippen LogP contribution in [0.5, 0.6) is 0 Å². The molecule has 11 rings (SSSR count). The SMILES string of the molecule is CC1(C)c2cc(-c3cccc4oc5cc6ccccc6cc5c34)ccc2-c2ccc3cccc(-c4ccc5c(c4)oc4ccccc45)c3c21. The van der Waals surface area contributed by atoms with Crippen LogP contribution in [0.4, 0.5) is 0 Å². The zero-order valence-electron chi connectivity index (χ0n) is 27.2. The number of hydrogen-bond donors (Lipinski definition) is 0. The lowest BCUT2D eigenvalue weighted by molar-refractivity contribution is 0.666. The molecule has 0 amide bonds. The predicted molar refractivity (Wildman–Crippen MR) is 204 cm³/mol. The monoisotopic (exact) mass is 626 g/mol. The Morgan fingerprint density at radius 2 is 1.02 bits per heavy atom. The van der Waals surface area contributed by atoms with Crippen LogP contribution in [0.3, 0.4) is 0 Å². The molecule has 10 aromatic rings. The fourth-order valence-electron chi connectivity index (χ4n) is 8.74. The second-order valence-electron chi connectivity index (χ2n) is 14.1. The van der Waals surface area contributed by atoms with Gasteiger partial charge in [0.05, 0.1) is 0 Å². The minimum absolute atomic E-state index is 0.220. The second-order valence-corrected chi connectivity index (χ2v) is 14.1. The normalized spacial score (nSPS) is 13.7. The van der Waals surface area contributed by atoms with Crippen molar-refractivity contribution in [2.24, 2.45) is 0 Å². The largest absolute Gasteiger partial charge is 0.456 e. The Morgan fingerprint density at radius 1 is 0.388 bits per heavy atom. The molecule has 1 aliphatic rings. The molecule has 0 spiro atoms. The zero-order valence-corrected chi connectivity index (χ0v) is 27.2. The lowest BCUT2D eigenvalue weighted by Gasteiger charge is -2.25. The van der Waals surface area contributed by atoms with E-state index in [9.17, 15) is 0 Å². The molecule has 0 bridgehead atoms. The van der Waals surface area contributed by atoms with Crippen LogP contribution in [-0.2, 0) is 5.41 Å². The van der Waals surface area contributed by atoms with Crippen molar-refractivity contribution in [1.29, 1.82) is 0 Å². The van der Waals surface area contributed by atoms with Gasteiger partial charge >= 0.3 is 0 Å². The van der Waals surface area contributed by atoms with E-state index in [1.54, 1.807) is 0 Å². The van der Waals surface area contributed by atoms with Gasteiger partial charge in [0.25, 0.3) is 0 Å². The van der Waals surface area contributed by atoms with E-state index in [0.29, 0.717) is 0 Å². The molecule has 8 aromatic carbocycles. The minimum atomic E-state index is -0.220. The number of para-hydroxylation sites is 1. The Balaban J connectivity index is 1.10. The molecule has 0 fully saturated rings. The van der Waals surface area contributed by atoms with Crippen LogP contribution in [0.1, 0.15) is 25.0 Å². The third-order valence-electron chi connectivity index (χ3n) is 11.0. The van der Waals surface area contributed by atoms with Crippen LogP contribution in [0.2, 0.25) is 0 Å². The molecular formula is C47H30O2. The number of furan rings is 2. The summed E-state index contributed by atoms with van der Waals surface area (Å²) in [7, 11) is 0. The quantitative estimate of drug-likeness (QED) is 0.191. The summed E-state index contributed by atoms with van der Waals surface area (Å²) in [6.45, 7) is 4.78. The third-order valence-corrected chi connectivity index (χ3v) is 11.0. The maximum absolute atomic E-state index is 6.45. The van der Waals surface area contributed by atoms with Crippen molar-refractivity contribution in [3.8, 4) is 33.4 Å². The highest BCUT2D eigenvalue weighted by Crippen LogP contribution is 2.54. The van der Waals surface area contributed by atoms with Gasteiger partial charge in [-0.25, -0.2) is 0 Å². The molecule has 0 radical (unpaired) electrons. The third kappa shape index (κ3) is 3.66. The van der Waals surface area contributed by atoms with Gasteiger partial charge in [-0.2, -0.15) is 0 Å². The molecule has 2 nitrogen and oxygen atoms in total. The van der Waals surface area contributed by atoms with Crippen LogP contribution in [0, 0.1) is 0 Å². The van der Waals surface area contributed by atoms with Gasteiger partial charge in [-0.15, -0.1) is 0 Å². The molecule has 230 valence electrons. The fraction of sp³-hybridized carbons (Fsp3) is 0.0638. The minimum Gasteiger partial charge on any atom is -0.456 e. The summed E-state index contributed by atoms with van der Waals surface area (Å²) < 4.78 is 12.8. The van der Waals surface area contributed by atoms with E-state index >= 15 is 0 Å². The summed E-state index contributed by atoms with van der Waals surface area (Å²) in [5.74, 6) is 0. The maximum atomic E-state index is 6.45. The van der Waals surface area contributed by atoms with Crippen molar-refractivity contribution >= 4 is 65.4 Å². The summed E-state index contributed by atoms with van der Waals surface area (Å²) in [6, 6.07) is 52.8. The van der Waals surface area contributed by atoms with Gasteiger partial charge in [0.1, 0.15) is 22.3 Å². The number of benzene rings is 8. The standard InChI is InChI=1S/C47H30O2/c1-47(2)39-24-30(33-14-8-16-41-45(33)38-23-28-9-3-4-10-29(28)25-43(38)49-41)18-20-34(39)37-22-17-27-11-7-13-32(44(27)46(37)47)31-19-21-36-35-12-5-6-15-40(35)48-42(36)26-31/h3-26H,1-2H3. The Hall–Kier alpha value is -6.12.